The molecule has 6 heteroatoms. The van der Waals surface area contributed by atoms with Crippen LogP contribution in [-0.4, -0.2) is 32.0 Å². The molecule has 0 aliphatic carbocycles. The Morgan fingerprint density at radius 1 is 1.33 bits per heavy atom. The summed E-state index contributed by atoms with van der Waals surface area (Å²) < 4.78 is 1.74. The molecular formula is C12H12N2O3S. The highest BCUT2D eigenvalue weighted by molar-refractivity contribution is 7.98. The first-order chi connectivity index (χ1) is 8.54. The van der Waals surface area contributed by atoms with Gasteiger partial charge in [-0.05, 0) is 30.5 Å². The van der Waals surface area contributed by atoms with E-state index in [2.05, 4.69) is 4.98 Å². The average molecular weight is 264 g/mol. The van der Waals surface area contributed by atoms with Crippen molar-refractivity contribution in [2.75, 3.05) is 6.26 Å². The molecule has 0 saturated heterocycles. The van der Waals surface area contributed by atoms with Crippen LogP contribution in [0.25, 0.3) is 11.3 Å². The van der Waals surface area contributed by atoms with E-state index >= 15 is 0 Å². The highest BCUT2D eigenvalue weighted by Crippen LogP contribution is 2.28. The monoisotopic (exact) mass is 264 g/mol. The first-order valence-corrected chi connectivity index (χ1v) is 6.40. The van der Waals surface area contributed by atoms with Crippen molar-refractivity contribution in [3.05, 3.63) is 30.0 Å². The van der Waals surface area contributed by atoms with Crippen LogP contribution < -0.4 is 0 Å². The molecule has 2 rings (SSSR count). The summed E-state index contributed by atoms with van der Waals surface area (Å²) in [4.78, 5) is 15.3. The SMILES string of the molecule is CSc1nc(C(=O)O)c(-c2ccc(O)cc2)n1C. The molecule has 5 nitrogen and oxygen atoms in total. The van der Waals surface area contributed by atoms with Gasteiger partial charge in [0.15, 0.2) is 10.9 Å². The number of phenols is 1. The van der Waals surface area contributed by atoms with Crippen molar-refractivity contribution in [3.8, 4) is 17.0 Å². The van der Waals surface area contributed by atoms with Crippen molar-refractivity contribution < 1.29 is 15.0 Å². The molecule has 0 aliphatic heterocycles. The zero-order chi connectivity index (χ0) is 13.3. The van der Waals surface area contributed by atoms with Crippen LogP contribution in [0.5, 0.6) is 5.75 Å². The summed E-state index contributed by atoms with van der Waals surface area (Å²) >= 11 is 1.38. The number of carboxylic acids is 1. The number of nitrogens with zero attached hydrogens (tertiary/aromatic N) is 2. The summed E-state index contributed by atoms with van der Waals surface area (Å²) in [6, 6.07) is 6.38. The molecule has 0 bridgehead atoms. The second kappa shape index (κ2) is 4.73. The molecule has 0 spiro atoms. The number of hydrogen-bond donors (Lipinski definition) is 2. The second-order valence-corrected chi connectivity index (χ2v) is 4.48. The van der Waals surface area contributed by atoms with E-state index in [9.17, 15) is 15.0 Å². The van der Waals surface area contributed by atoms with E-state index in [0.717, 1.165) is 0 Å². The molecule has 0 amide bonds. The van der Waals surface area contributed by atoms with E-state index in [1.807, 2.05) is 6.26 Å². The summed E-state index contributed by atoms with van der Waals surface area (Å²) in [5.74, 6) is -0.920. The third-order valence-electron chi connectivity index (χ3n) is 2.58. The van der Waals surface area contributed by atoms with E-state index in [4.69, 9.17) is 0 Å². The van der Waals surface area contributed by atoms with Gasteiger partial charge in [0, 0.05) is 12.6 Å². The third-order valence-corrected chi connectivity index (χ3v) is 3.31. The molecular weight excluding hydrogens is 252 g/mol. The van der Waals surface area contributed by atoms with Gasteiger partial charge in [0.05, 0.1) is 5.69 Å². The van der Waals surface area contributed by atoms with Gasteiger partial charge in [0.25, 0.3) is 0 Å². The zero-order valence-corrected chi connectivity index (χ0v) is 10.7. The average Bonchev–Trinajstić information content (AvgIpc) is 2.68. The topological polar surface area (TPSA) is 75.3 Å². The molecule has 0 radical (unpaired) electrons. The lowest BCUT2D eigenvalue weighted by Crippen LogP contribution is -2.01. The van der Waals surface area contributed by atoms with Crippen LogP contribution in [-0.2, 0) is 7.05 Å². The fraction of sp³-hybridized carbons (Fsp3) is 0.167. The van der Waals surface area contributed by atoms with Gasteiger partial charge in [-0.3, -0.25) is 0 Å². The Kier molecular flexibility index (Phi) is 3.29. The number of aromatic carboxylic acids is 1. The predicted molar refractivity (Wildman–Crippen MR) is 69.0 cm³/mol. The lowest BCUT2D eigenvalue weighted by molar-refractivity contribution is 0.0691. The molecule has 0 atom stereocenters. The van der Waals surface area contributed by atoms with Gasteiger partial charge >= 0.3 is 5.97 Å². The maximum absolute atomic E-state index is 11.2. The van der Waals surface area contributed by atoms with E-state index in [-0.39, 0.29) is 11.4 Å². The standard InChI is InChI=1S/C12H12N2O3S/c1-14-10(7-3-5-8(15)6-4-7)9(11(16)17)13-12(14)18-2/h3-6,15H,1-2H3,(H,16,17). The molecule has 18 heavy (non-hydrogen) atoms. The minimum Gasteiger partial charge on any atom is -0.508 e. The summed E-state index contributed by atoms with van der Waals surface area (Å²) in [6.45, 7) is 0. The number of aromatic hydroxyl groups is 1. The van der Waals surface area contributed by atoms with Gasteiger partial charge in [-0.1, -0.05) is 11.8 Å². The number of phenolic OH excluding ortho intramolecular Hbond substituents is 1. The molecule has 0 saturated carbocycles. The molecule has 1 aromatic heterocycles. The van der Waals surface area contributed by atoms with Crippen molar-refractivity contribution in [3.63, 3.8) is 0 Å². The second-order valence-electron chi connectivity index (χ2n) is 3.71. The Labute approximate surface area is 108 Å². The first kappa shape index (κ1) is 12.5. The van der Waals surface area contributed by atoms with E-state index in [1.54, 1.807) is 23.7 Å². The predicted octanol–water partition coefficient (Wildman–Crippen LogP) is 2.21. The summed E-state index contributed by atoms with van der Waals surface area (Å²) in [6.07, 6.45) is 1.84. The van der Waals surface area contributed by atoms with E-state index < -0.39 is 5.97 Å². The lowest BCUT2D eigenvalue weighted by atomic mass is 10.1. The number of aromatic nitrogens is 2. The fourth-order valence-corrected chi connectivity index (χ4v) is 2.31. The highest BCUT2D eigenvalue weighted by Gasteiger charge is 2.20. The minimum atomic E-state index is -1.06. The molecule has 94 valence electrons. The van der Waals surface area contributed by atoms with Gasteiger partial charge in [-0.25, -0.2) is 9.78 Å². The molecule has 2 aromatic rings. The van der Waals surface area contributed by atoms with E-state index in [1.165, 1.54) is 23.9 Å². The first-order valence-electron chi connectivity index (χ1n) is 5.18. The fourth-order valence-electron chi connectivity index (χ4n) is 1.76. The number of imidazole rings is 1. The Morgan fingerprint density at radius 3 is 2.44 bits per heavy atom. The Balaban J connectivity index is 2.65. The molecule has 1 heterocycles. The van der Waals surface area contributed by atoms with E-state index in [0.29, 0.717) is 16.4 Å². The Hall–Kier alpha value is -1.95. The number of hydrogen-bond acceptors (Lipinski definition) is 4. The van der Waals surface area contributed by atoms with Crippen LogP contribution in [0.15, 0.2) is 29.4 Å². The van der Waals surface area contributed by atoms with Crippen LogP contribution in [0.1, 0.15) is 10.5 Å². The van der Waals surface area contributed by atoms with Crippen molar-refractivity contribution in [2.24, 2.45) is 7.05 Å². The van der Waals surface area contributed by atoms with Gasteiger partial charge in [0.2, 0.25) is 0 Å². The van der Waals surface area contributed by atoms with Gasteiger partial charge in [-0.2, -0.15) is 0 Å². The van der Waals surface area contributed by atoms with Gasteiger partial charge in [0.1, 0.15) is 5.75 Å². The minimum absolute atomic E-state index is 0.0209. The molecule has 2 N–H and O–H groups in total. The molecule has 0 fully saturated rings. The maximum atomic E-state index is 11.2. The number of carboxylic acid groups (broad SMARTS) is 1. The van der Waals surface area contributed by atoms with Gasteiger partial charge in [-0.15, -0.1) is 0 Å². The summed E-state index contributed by atoms with van der Waals surface area (Å²) in [5, 5.41) is 19.1. The summed E-state index contributed by atoms with van der Waals surface area (Å²) in [5.41, 5.74) is 1.26. The van der Waals surface area contributed by atoms with Crippen LogP contribution in [0.4, 0.5) is 0 Å². The Morgan fingerprint density at radius 2 is 1.94 bits per heavy atom. The Bertz CT molecular complexity index is 590. The molecule has 0 aliphatic rings. The maximum Gasteiger partial charge on any atom is 0.356 e. The number of rotatable bonds is 3. The number of carbonyl (C=O) groups is 1. The normalized spacial score (nSPS) is 10.6. The van der Waals surface area contributed by atoms with Crippen molar-refractivity contribution in [2.45, 2.75) is 5.16 Å². The van der Waals surface area contributed by atoms with Crippen molar-refractivity contribution in [1.29, 1.82) is 0 Å². The summed E-state index contributed by atoms with van der Waals surface area (Å²) in [7, 11) is 1.77. The zero-order valence-electron chi connectivity index (χ0n) is 9.91. The highest BCUT2D eigenvalue weighted by atomic mass is 32.2. The number of thioether (sulfide) groups is 1. The lowest BCUT2D eigenvalue weighted by Gasteiger charge is -2.05. The quantitative estimate of drug-likeness (QED) is 0.831. The van der Waals surface area contributed by atoms with Crippen LogP contribution >= 0.6 is 11.8 Å². The number of benzene rings is 1. The van der Waals surface area contributed by atoms with Crippen LogP contribution in [0.3, 0.4) is 0 Å². The molecule has 0 unspecified atom stereocenters. The third kappa shape index (κ3) is 2.06. The molecule has 1 aromatic carbocycles. The smallest absolute Gasteiger partial charge is 0.356 e. The van der Waals surface area contributed by atoms with Crippen LogP contribution in [0.2, 0.25) is 0 Å². The van der Waals surface area contributed by atoms with Gasteiger partial charge < -0.3 is 14.8 Å². The van der Waals surface area contributed by atoms with Crippen molar-refractivity contribution in [1.82, 2.24) is 9.55 Å². The van der Waals surface area contributed by atoms with Crippen molar-refractivity contribution >= 4 is 17.7 Å². The van der Waals surface area contributed by atoms with Crippen LogP contribution in [0, 0.1) is 0 Å². The largest absolute Gasteiger partial charge is 0.508 e.